The van der Waals surface area contributed by atoms with Crippen LogP contribution >= 0.6 is 11.3 Å². The van der Waals surface area contributed by atoms with Crippen LogP contribution in [0.1, 0.15) is 17.4 Å². The van der Waals surface area contributed by atoms with Gasteiger partial charge in [-0.2, -0.15) is 0 Å². The third kappa shape index (κ3) is 3.73. The number of carbonyl (C=O) groups is 2. The van der Waals surface area contributed by atoms with E-state index in [1.54, 1.807) is 29.6 Å². The highest BCUT2D eigenvalue weighted by atomic mass is 32.1. The zero-order chi connectivity index (χ0) is 18.8. The molecule has 0 radical (unpaired) electrons. The fraction of sp³-hybridized carbons (Fsp3) is 0.0500. The van der Waals surface area contributed by atoms with Gasteiger partial charge in [-0.1, -0.05) is 18.2 Å². The molecule has 0 aliphatic rings. The second-order valence-electron chi connectivity index (χ2n) is 6.02. The van der Waals surface area contributed by atoms with Gasteiger partial charge in [-0.15, -0.1) is 11.3 Å². The Hall–Kier alpha value is -3.45. The molecule has 27 heavy (non-hydrogen) atoms. The summed E-state index contributed by atoms with van der Waals surface area (Å²) < 4.78 is 0. The third-order valence-corrected chi connectivity index (χ3v) is 4.84. The van der Waals surface area contributed by atoms with Gasteiger partial charge in [-0.05, 0) is 36.4 Å². The molecule has 0 fully saturated rings. The SMILES string of the molecule is CC(=O)Nc1ccc(NC(=O)c2csc(-c3cc4ccccc4[nH]3)n2)cc1. The van der Waals surface area contributed by atoms with E-state index in [2.05, 4.69) is 20.6 Å². The summed E-state index contributed by atoms with van der Waals surface area (Å²) in [5.74, 6) is -0.417. The molecule has 134 valence electrons. The first kappa shape index (κ1) is 17.0. The molecule has 0 saturated heterocycles. The summed E-state index contributed by atoms with van der Waals surface area (Å²) in [6.07, 6.45) is 0. The van der Waals surface area contributed by atoms with Crippen molar-refractivity contribution in [2.45, 2.75) is 6.92 Å². The van der Waals surface area contributed by atoms with Gasteiger partial charge in [0.2, 0.25) is 5.91 Å². The Morgan fingerprint density at radius 1 is 1.00 bits per heavy atom. The molecule has 3 N–H and O–H groups in total. The van der Waals surface area contributed by atoms with Crippen molar-refractivity contribution in [1.82, 2.24) is 9.97 Å². The number of anilines is 2. The van der Waals surface area contributed by atoms with Gasteiger partial charge in [0.1, 0.15) is 10.7 Å². The van der Waals surface area contributed by atoms with Crippen molar-refractivity contribution in [3.8, 4) is 10.7 Å². The van der Waals surface area contributed by atoms with Gasteiger partial charge in [0.15, 0.2) is 0 Å². The predicted octanol–water partition coefficient (Wildman–Crippen LogP) is 4.50. The minimum absolute atomic E-state index is 0.140. The summed E-state index contributed by atoms with van der Waals surface area (Å²) in [6, 6.07) is 16.9. The van der Waals surface area contributed by atoms with Crippen LogP contribution in [0.3, 0.4) is 0 Å². The van der Waals surface area contributed by atoms with E-state index in [4.69, 9.17) is 0 Å². The van der Waals surface area contributed by atoms with Crippen LogP contribution in [0.2, 0.25) is 0 Å². The molecule has 0 spiro atoms. The van der Waals surface area contributed by atoms with Gasteiger partial charge < -0.3 is 15.6 Å². The molecule has 6 nitrogen and oxygen atoms in total. The maximum atomic E-state index is 12.4. The summed E-state index contributed by atoms with van der Waals surface area (Å²) >= 11 is 1.42. The van der Waals surface area contributed by atoms with Gasteiger partial charge >= 0.3 is 0 Å². The molecule has 0 bridgehead atoms. The van der Waals surface area contributed by atoms with E-state index in [0.717, 1.165) is 21.6 Å². The number of carbonyl (C=O) groups excluding carboxylic acids is 2. The van der Waals surface area contributed by atoms with Gasteiger partial charge in [0, 0.05) is 34.6 Å². The number of fused-ring (bicyclic) bond motifs is 1. The maximum absolute atomic E-state index is 12.4. The van der Waals surface area contributed by atoms with Gasteiger partial charge in [-0.3, -0.25) is 9.59 Å². The molecule has 4 rings (SSSR count). The Morgan fingerprint density at radius 3 is 2.41 bits per heavy atom. The van der Waals surface area contributed by atoms with E-state index in [-0.39, 0.29) is 11.8 Å². The number of hydrogen-bond acceptors (Lipinski definition) is 4. The Bertz CT molecular complexity index is 1100. The van der Waals surface area contributed by atoms with Crippen LogP contribution in [0.4, 0.5) is 11.4 Å². The molecular weight excluding hydrogens is 360 g/mol. The maximum Gasteiger partial charge on any atom is 0.275 e. The number of para-hydroxylation sites is 1. The molecule has 0 saturated carbocycles. The lowest BCUT2D eigenvalue weighted by Gasteiger charge is -2.05. The Balaban J connectivity index is 1.49. The third-order valence-electron chi connectivity index (χ3n) is 3.96. The number of H-pyrrole nitrogens is 1. The van der Waals surface area contributed by atoms with Gasteiger partial charge in [0.05, 0.1) is 5.69 Å². The summed E-state index contributed by atoms with van der Waals surface area (Å²) in [4.78, 5) is 31.3. The van der Waals surface area contributed by atoms with E-state index >= 15 is 0 Å². The highest BCUT2D eigenvalue weighted by Gasteiger charge is 2.13. The Labute approximate surface area is 159 Å². The number of aromatic nitrogens is 2. The smallest absolute Gasteiger partial charge is 0.275 e. The van der Waals surface area contributed by atoms with Crippen molar-refractivity contribution in [3.63, 3.8) is 0 Å². The van der Waals surface area contributed by atoms with Crippen molar-refractivity contribution in [1.29, 1.82) is 0 Å². The predicted molar refractivity (Wildman–Crippen MR) is 108 cm³/mol. The lowest BCUT2D eigenvalue weighted by Crippen LogP contribution is -2.12. The van der Waals surface area contributed by atoms with Crippen LogP contribution in [0, 0.1) is 0 Å². The van der Waals surface area contributed by atoms with Crippen LogP contribution < -0.4 is 10.6 Å². The van der Waals surface area contributed by atoms with Crippen molar-refractivity contribution in [2.24, 2.45) is 0 Å². The number of hydrogen-bond donors (Lipinski definition) is 3. The number of aromatic amines is 1. The minimum atomic E-state index is -0.277. The topological polar surface area (TPSA) is 86.9 Å². The minimum Gasteiger partial charge on any atom is -0.353 e. The molecule has 2 aromatic heterocycles. The Morgan fingerprint density at radius 2 is 1.70 bits per heavy atom. The molecule has 4 aromatic rings. The summed E-state index contributed by atoms with van der Waals surface area (Å²) in [5, 5.41) is 9.10. The summed E-state index contributed by atoms with van der Waals surface area (Å²) in [5.41, 5.74) is 3.59. The number of nitrogens with one attached hydrogen (secondary N) is 3. The molecule has 7 heteroatoms. The monoisotopic (exact) mass is 376 g/mol. The van der Waals surface area contributed by atoms with E-state index in [0.29, 0.717) is 17.1 Å². The molecule has 0 atom stereocenters. The number of nitrogens with zero attached hydrogens (tertiary/aromatic N) is 1. The average molecular weight is 376 g/mol. The second kappa shape index (κ2) is 7.05. The first-order chi connectivity index (χ1) is 13.1. The van der Waals surface area contributed by atoms with Crippen molar-refractivity contribution in [2.75, 3.05) is 10.6 Å². The fourth-order valence-electron chi connectivity index (χ4n) is 2.73. The lowest BCUT2D eigenvalue weighted by atomic mass is 10.2. The second-order valence-corrected chi connectivity index (χ2v) is 6.88. The normalized spacial score (nSPS) is 10.7. The molecule has 2 amide bonds. The summed E-state index contributed by atoms with van der Waals surface area (Å²) in [7, 11) is 0. The van der Waals surface area contributed by atoms with E-state index in [9.17, 15) is 9.59 Å². The van der Waals surface area contributed by atoms with Crippen LogP contribution in [-0.4, -0.2) is 21.8 Å². The van der Waals surface area contributed by atoms with Crippen molar-refractivity contribution < 1.29 is 9.59 Å². The van der Waals surface area contributed by atoms with E-state index in [1.807, 2.05) is 30.3 Å². The largest absolute Gasteiger partial charge is 0.353 e. The standard InChI is InChI=1S/C20H16N4O2S/c1-12(25)21-14-6-8-15(9-7-14)22-19(26)18-11-27-20(24-18)17-10-13-4-2-3-5-16(13)23-17/h2-11,23H,1H3,(H,21,25)(H,22,26). The van der Waals surface area contributed by atoms with Crippen molar-refractivity contribution in [3.05, 3.63) is 65.7 Å². The van der Waals surface area contributed by atoms with Crippen molar-refractivity contribution >= 4 is 45.4 Å². The summed E-state index contributed by atoms with van der Waals surface area (Å²) in [6.45, 7) is 1.45. The van der Waals surface area contributed by atoms with E-state index in [1.165, 1.54) is 18.3 Å². The van der Waals surface area contributed by atoms with Crippen LogP contribution in [0.25, 0.3) is 21.6 Å². The molecule has 2 heterocycles. The highest BCUT2D eigenvalue weighted by molar-refractivity contribution is 7.13. The number of benzene rings is 2. The molecular formula is C20H16N4O2S. The lowest BCUT2D eigenvalue weighted by molar-refractivity contribution is -0.114. The average Bonchev–Trinajstić information content (AvgIpc) is 3.29. The Kier molecular flexibility index (Phi) is 4.43. The van der Waals surface area contributed by atoms with Crippen LogP contribution in [0.15, 0.2) is 60.0 Å². The molecule has 2 aromatic carbocycles. The van der Waals surface area contributed by atoms with Gasteiger partial charge in [-0.25, -0.2) is 4.98 Å². The van der Waals surface area contributed by atoms with E-state index < -0.39 is 0 Å². The zero-order valence-electron chi connectivity index (χ0n) is 14.4. The highest BCUT2D eigenvalue weighted by Crippen LogP contribution is 2.27. The molecule has 0 unspecified atom stereocenters. The number of rotatable bonds is 4. The quantitative estimate of drug-likeness (QED) is 0.490. The molecule has 0 aliphatic carbocycles. The van der Waals surface area contributed by atoms with Gasteiger partial charge in [0.25, 0.3) is 5.91 Å². The van der Waals surface area contributed by atoms with Crippen LogP contribution in [0.5, 0.6) is 0 Å². The first-order valence-electron chi connectivity index (χ1n) is 8.31. The van der Waals surface area contributed by atoms with Crippen LogP contribution in [-0.2, 0) is 4.79 Å². The number of amides is 2. The fourth-order valence-corrected chi connectivity index (χ4v) is 3.50. The zero-order valence-corrected chi connectivity index (χ0v) is 15.3. The number of thiazole rings is 1. The molecule has 0 aliphatic heterocycles. The first-order valence-corrected chi connectivity index (χ1v) is 9.19.